The Morgan fingerprint density at radius 2 is 2.08 bits per heavy atom. The molecule has 1 atom stereocenters. The molecule has 2 aromatic carbocycles. The fourth-order valence-corrected chi connectivity index (χ4v) is 3.49. The minimum absolute atomic E-state index is 0.0769. The lowest BCUT2D eigenvalue weighted by molar-refractivity contribution is -0.128. The van der Waals surface area contributed by atoms with E-state index in [-0.39, 0.29) is 11.8 Å². The van der Waals surface area contributed by atoms with Crippen LogP contribution in [0.2, 0.25) is 5.02 Å². The third kappa shape index (κ3) is 3.35. The van der Waals surface area contributed by atoms with E-state index in [0.717, 1.165) is 16.7 Å². The first-order chi connectivity index (χ1) is 12.6. The van der Waals surface area contributed by atoms with Gasteiger partial charge in [-0.05, 0) is 30.2 Å². The molecule has 2 heterocycles. The number of carbonyl (C=O) groups is 1. The van der Waals surface area contributed by atoms with Gasteiger partial charge < -0.3 is 9.42 Å². The maximum Gasteiger partial charge on any atom is 0.232 e. The summed E-state index contributed by atoms with van der Waals surface area (Å²) >= 11 is 6.03. The fraction of sp³-hybridized carbons (Fsp3) is 0.250. The second-order valence-electron chi connectivity index (χ2n) is 6.58. The van der Waals surface area contributed by atoms with Crippen LogP contribution >= 0.6 is 11.6 Å². The van der Waals surface area contributed by atoms with E-state index in [0.29, 0.717) is 36.2 Å². The molecule has 1 aromatic heterocycles. The zero-order valence-corrected chi connectivity index (χ0v) is 15.1. The highest BCUT2D eigenvalue weighted by molar-refractivity contribution is 6.30. The summed E-state index contributed by atoms with van der Waals surface area (Å²) in [7, 11) is 0. The summed E-state index contributed by atoms with van der Waals surface area (Å²) in [4.78, 5) is 18.7. The maximum atomic E-state index is 12.4. The van der Waals surface area contributed by atoms with Gasteiger partial charge in [0.1, 0.15) is 0 Å². The fourth-order valence-electron chi connectivity index (χ4n) is 3.28. The molecule has 0 bridgehead atoms. The average molecular weight is 368 g/mol. The summed E-state index contributed by atoms with van der Waals surface area (Å²) in [6.07, 6.45) is 0.385. The second kappa shape index (κ2) is 6.92. The number of aryl methyl sites for hydroxylation is 1. The number of hydrogen-bond acceptors (Lipinski definition) is 4. The van der Waals surface area contributed by atoms with Crippen LogP contribution in [0.25, 0.3) is 11.4 Å². The number of aromatic nitrogens is 2. The molecule has 0 radical (unpaired) electrons. The molecular formula is C20H18ClN3O2. The number of carbonyl (C=O) groups excluding carboxylic acids is 1. The molecule has 26 heavy (non-hydrogen) atoms. The second-order valence-corrected chi connectivity index (χ2v) is 7.01. The Bertz CT molecular complexity index is 953. The highest BCUT2D eigenvalue weighted by Crippen LogP contribution is 2.30. The van der Waals surface area contributed by atoms with Crippen molar-refractivity contribution in [3.8, 4) is 11.4 Å². The van der Waals surface area contributed by atoms with E-state index in [2.05, 4.69) is 10.1 Å². The van der Waals surface area contributed by atoms with Crippen LogP contribution in [0, 0.1) is 6.92 Å². The van der Waals surface area contributed by atoms with E-state index in [4.69, 9.17) is 16.1 Å². The van der Waals surface area contributed by atoms with Gasteiger partial charge in [0.15, 0.2) is 0 Å². The van der Waals surface area contributed by atoms with Gasteiger partial charge in [0.2, 0.25) is 17.6 Å². The van der Waals surface area contributed by atoms with Crippen molar-refractivity contribution in [2.45, 2.75) is 25.8 Å². The normalized spacial score (nSPS) is 17.1. The molecule has 0 spiro atoms. The molecule has 0 saturated carbocycles. The summed E-state index contributed by atoms with van der Waals surface area (Å²) < 4.78 is 5.46. The Kier molecular flexibility index (Phi) is 4.47. The van der Waals surface area contributed by atoms with Gasteiger partial charge in [-0.1, -0.05) is 53.2 Å². The van der Waals surface area contributed by atoms with E-state index in [1.165, 1.54) is 0 Å². The van der Waals surface area contributed by atoms with Crippen molar-refractivity contribution in [1.29, 1.82) is 0 Å². The van der Waals surface area contributed by atoms with Crippen LogP contribution in [0.5, 0.6) is 0 Å². The Morgan fingerprint density at radius 3 is 2.88 bits per heavy atom. The molecule has 1 saturated heterocycles. The van der Waals surface area contributed by atoms with Gasteiger partial charge in [0, 0.05) is 30.1 Å². The van der Waals surface area contributed by atoms with Crippen molar-refractivity contribution in [3.05, 3.63) is 70.6 Å². The van der Waals surface area contributed by atoms with Gasteiger partial charge in [-0.3, -0.25) is 4.79 Å². The van der Waals surface area contributed by atoms with Gasteiger partial charge in [-0.15, -0.1) is 0 Å². The zero-order valence-electron chi connectivity index (χ0n) is 14.4. The van der Waals surface area contributed by atoms with Crippen molar-refractivity contribution < 1.29 is 9.32 Å². The molecule has 0 aliphatic carbocycles. The minimum Gasteiger partial charge on any atom is -0.339 e. The Labute approximate surface area is 156 Å². The molecule has 1 unspecified atom stereocenters. The Morgan fingerprint density at radius 1 is 1.23 bits per heavy atom. The van der Waals surface area contributed by atoms with E-state index < -0.39 is 0 Å². The van der Waals surface area contributed by atoms with Crippen molar-refractivity contribution in [2.75, 3.05) is 6.54 Å². The first-order valence-corrected chi connectivity index (χ1v) is 8.90. The lowest BCUT2D eigenvalue weighted by Gasteiger charge is -2.16. The molecule has 0 N–H and O–H groups in total. The minimum atomic E-state index is -0.0769. The maximum absolute atomic E-state index is 12.4. The Hall–Kier alpha value is -2.66. The van der Waals surface area contributed by atoms with E-state index in [1.807, 2.05) is 60.4 Å². The Balaban J connectivity index is 1.50. The quantitative estimate of drug-likeness (QED) is 0.693. The zero-order chi connectivity index (χ0) is 18.1. The molecule has 1 aliphatic rings. The predicted octanol–water partition coefficient (Wildman–Crippen LogP) is 4.21. The van der Waals surface area contributed by atoms with E-state index >= 15 is 0 Å². The SMILES string of the molecule is Cc1ccccc1-c1noc(C2CC(=O)N(Cc3cccc(Cl)c3)C2)n1. The summed E-state index contributed by atoms with van der Waals surface area (Å²) in [5, 5.41) is 4.78. The summed E-state index contributed by atoms with van der Waals surface area (Å²) in [6.45, 7) is 3.12. The molecule has 1 aliphatic heterocycles. The molecule has 132 valence electrons. The van der Waals surface area contributed by atoms with Crippen LogP contribution in [-0.4, -0.2) is 27.5 Å². The molecular weight excluding hydrogens is 350 g/mol. The number of benzene rings is 2. The standard InChI is InChI=1S/C20H18ClN3O2/c1-13-5-2-3-8-17(13)19-22-20(26-23-19)15-10-18(25)24(12-15)11-14-6-4-7-16(21)9-14/h2-9,15H,10-12H2,1H3. The molecule has 1 fully saturated rings. The van der Waals surface area contributed by atoms with Crippen LogP contribution in [-0.2, 0) is 11.3 Å². The van der Waals surface area contributed by atoms with Gasteiger partial charge >= 0.3 is 0 Å². The van der Waals surface area contributed by atoms with Crippen LogP contribution in [0.4, 0.5) is 0 Å². The monoisotopic (exact) mass is 367 g/mol. The van der Waals surface area contributed by atoms with Crippen LogP contribution < -0.4 is 0 Å². The molecule has 1 amide bonds. The smallest absolute Gasteiger partial charge is 0.232 e. The lowest BCUT2D eigenvalue weighted by atomic mass is 10.1. The molecule has 5 nitrogen and oxygen atoms in total. The third-order valence-electron chi connectivity index (χ3n) is 4.65. The topological polar surface area (TPSA) is 59.2 Å². The highest BCUT2D eigenvalue weighted by atomic mass is 35.5. The van der Waals surface area contributed by atoms with Crippen molar-refractivity contribution in [3.63, 3.8) is 0 Å². The van der Waals surface area contributed by atoms with E-state index in [9.17, 15) is 4.79 Å². The largest absolute Gasteiger partial charge is 0.339 e. The number of amides is 1. The molecule has 6 heteroatoms. The lowest BCUT2D eigenvalue weighted by Crippen LogP contribution is -2.24. The number of nitrogens with zero attached hydrogens (tertiary/aromatic N) is 3. The number of halogens is 1. The average Bonchev–Trinajstić information content (AvgIpc) is 3.23. The number of hydrogen-bond donors (Lipinski definition) is 0. The summed E-state index contributed by atoms with van der Waals surface area (Å²) in [5.74, 6) is 1.10. The first kappa shape index (κ1) is 16.8. The van der Waals surface area contributed by atoms with Crippen molar-refractivity contribution >= 4 is 17.5 Å². The molecule has 3 aromatic rings. The molecule has 4 rings (SSSR count). The first-order valence-electron chi connectivity index (χ1n) is 8.52. The van der Waals surface area contributed by atoms with Crippen molar-refractivity contribution in [2.24, 2.45) is 0 Å². The third-order valence-corrected chi connectivity index (χ3v) is 4.89. The van der Waals surface area contributed by atoms with Gasteiger partial charge in [0.05, 0.1) is 5.92 Å². The summed E-state index contributed by atoms with van der Waals surface area (Å²) in [6, 6.07) is 15.5. The van der Waals surface area contributed by atoms with Crippen LogP contribution in [0.15, 0.2) is 53.1 Å². The van der Waals surface area contributed by atoms with E-state index in [1.54, 1.807) is 0 Å². The van der Waals surface area contributed by atoms with Crippen molar-refractivity contribution in [1.82, 2.24) is 15.0 Å². The number of rotatable bonds is 4. The highest BCUT2D eigenvalue weighted by Gasteiger charge is 2.34. The van der Waals surface area contributed by atoms with Crippen LogP contribution in [0.1, 0.15) is 29.4 Å². The van der Waals surface area contributed by atoms with Gasteiger partial charge in [-0.25, -0.2) is 0 Å². The van der Waals surface area contributed by atoms with Gasteiger partial charge in [-0.2, -0.15) is 4.98 Å². The predicted molar refractivity (Wildman–Crippen MR) is 98.7 cm³/mol. The van der Waals surface area contributed by atoms with Crippen LogP contribution in [0.3, 0.4) is 0 Å². The summed E-state index contributed by atoms with van der Waals surface area (Å²) in [5.41, 5.74) is 3.05. The van der Waals surface area contributed by atoms with Gasteiger partial charge in [0.25, 0.3) is 0 Å². The number of likely N-dealkylation sites (tertiary alicyclic amines) is 1.